The van der Waals surface area contributed by atoms with Crippen molar-refractivity contribution in [1.82, 2.24) is 10.1 Å². The molecule has 5 nitrogen and oxygen atoms in total. The average molecular weight is 243 g/mol. The number of methoxy groups -OCH3 is 1. The molecule has 0 radical (unpaired) electrons. The first-order chi connectivity index (χ1) is 7.81. The maximum Gasteiger partial charge on any atom is 0.239 e. The third kappa shape index (κ3) is 2.75. The normalized spacial score (nSPS) is 23.2. The Morgan fingerprint density at radius 1 is 1.62 bits per heavy atom. The SMILES string of the molecule is COCC(N)c1noc(C2CCCCS2)n1. The molecule has 90 valence electrons. The van der Waals surface area contributed by atoms with Gasteiger partial charge in [-0.1, -0.05) is 11.6 Å². The van der Waals surface area contributed by atoms with Crippen LogP contribution in [0.5, 0.6) is 0 Å². The molecule has 0 aliphatic carbocycles. The molecule has 2 heterocycles. The average Bonchev–Trinajstić information content (AvgIpc) is 2.80. The second-order valence-electron chi connectivity index (χ2n) is 3.91. The van der Waals surface area contributed by atoms with Gasteiger partial charge in [-0.15, -0.1) is 11.8 Å². The molecule has 1 aromatic heterocycles. The molecule has 2 N–H and O–H groups in total. The molecule has 2 rings (SSSR count). The second-order valence-corrected chi connectivity index (χ2v) is 5.22. The van der Waals surface area contributed by atoms with Crippen LogP contribution < -0.4 is 5.73 Å². The Kier molecular flexibility index (Phi) is 4.20. The van der Waals surface area contributed by atoms with E-state index in [1.807, 2.05) is 11.8 Å². The van der Waals surface area contributed by atoms with E-state index in [0.29, 0.717) is 23.6 Å². The highest BCUT2D eigenvalue weighted by Crippen LogP contribution is 2.37. The topological polar surface area (TPSA) is 74.2 Å². The van der Waals surface area contributed by atoms with E-state index < -0.39 is 0 Å². The van der Waals surface area contributed by atoms with Gasteiger partial charge in [0, 0.05) is 7.11 Å². The van der Waals surface area contributed by atoms with Crippen molar-refractivity contribution in [3.8, 4) is 0 Å². The first-order valence-electron chi connectivity index (χ1n) is 5.51. The fourth-order valence-electron chi connectivity index (χ4n) is 1.72. The van der Waals surface area contributed by atoms with Crippen molar-refractivity contribution >= 4 is 11.8 Å². The number of nitrogens with zero attached hydrogens (tertiary/aromatic N) is 2. The number of thioether (sulfide) groups is 1. The molecule has 16 heavy (non-hydrogen) atoms. The quantitative estimate of drug-likeness (QED) is 0.867. The van der Waals surface area contributed by atoms with Crippen molar-refractivity contribution < 1.29 is 9.26 Å². The minimum Gasteiger partial charge on any atom is -0.383 e. The molecule has 1 fully saturated rings. The predicted octanol–water partition coefficient (Wildman–Crippen LogP) is 1.67. The zero-order valence-electron chi connectivity index (χ0n) is 9.39. The van der Waals surface area contributed by atoms with Gasteiger partial charge in [0.2, 0.25) is 5.89 Å². The van der Waals surface area contributed by atoms with Gasteiger partial charge in [-0.25, -0.2) is 0 Å². The molecule has 6 heteroatoms. The highest BCUT2D eigenvalue weighted by Gasteiger charge is 2.23. The molecule has 0 amide bonds. The molecule has 2 unspecified atom stereocenters. The van der Waals surface area contributed by atoms with Gasteiger partial charge in [-0.05, 0) is 18.6 Å². The third-order valence-electron chi connectivity index (χ3n) is 2.59. The Balaban J connectivity index is 2.00. The Labute approximate surface area is 99.1 Å². The standard InChI is InChI=1S/C10H17N3O2S/c1-14-6-7(11)9-12-10(15-13-9)8-4-2-3-5-16-8/h7-8H,2-6,11H2,1H3. The maximum absolute atomic E-state index is 5.83. The maximum atomic E-state index is 5.83. The van der Waals surface area contributed by atoms with E-state index in [2.05, 4.69) is 10.1 Å². The van der Waals surface area contributed by atoms with Crippen LogP contribution in [0.1, 0.15) is 42.3 Å². The van der Waals surface area contributed by atoms with E-state index in [1.165, 1.54) is 18.6 Å². The van der Waals surface area contributed by atoms with Gasteiger partial charge in [-0.3, -0.25) is 0 Å². The van der Waals surface area contributed by atoms with Crippen LogP contribution in [0.4, 0.5) is 0 Å². The van der Waals surface area contributed by atoms with Gasteiger partial charge in [0.15, 0.2) is 5.82 Å². The van der Waals surface area contributed by atoms with E-state index in [1.54, 1.807) is 7.11 Å². The molecular weight excluding hydrogens is 226 g/mol. The minimum atomic E-state index is -0.295. The van der Waals surface area contributed by atoms with Crippen molar-refractivity contribution in [1.29, 1.82) is 0 Å². The molecule has 1 aromatic rings. The molecule has 1 saturated heterocycles. The van der Waals surface area contributed by atoms with Gasteiger partial charge >= 0.3 is 0 Å². The first-order valence-corrected chi connectivity index (χ1v) is 6.55. The van der Waals surface area contributed by atoms with E-state index in [9.17, 15) is 0 Å². The zero-order valence-corrected chi connectivity index (χ0v) is 10.2. The molecule has 0 spiro atoms. The molecule has 0 saturated carbocycles. The van der Waals surface area contributed by atoms with Crippen molar-refractivity contribution in [2.24, 2.45) is 5.73 Å². The van der Waals surface area contributed by atoms with Crippen molar-refractivity contribution in [3.63, 3.8) is 0 Å². The number of nitrogens with two attached hydrogens (primary N) is 1. The Hall–Kier alpha value is -0.590. The van der Waals surface area contributed by atoms with Crippen molar-refractivity contribution in [3.05, 3.63) is 11.7 Å². The summed E-state index contributed by atoms with van der Waals surface area (Å²) >= 11 is 1.89. The molecule has 1 aliphatic rings. The monoisotopic (exact) mass is 243 g/mol. The Bertz CT molecular complexity index is 326. The number of hydrogen-bond acceptors (Lipinski definition) is 6. The lowest BCUT2D eigenvalue weighted by molar-refractivity contribution is 0.177. The van der Waals surface area contributed by atoms with Crippen LogP contribution in [0, 0.1) is 0 Å². The number of ether oxygens (including phenoxy) is 1. The van der Waals surface area contributed by atoms with Gasteiger partial charge < -0.3 is 15.0 Å². The fraction of sp³-hybridized carbons (Fsp3) is 0.800. The van der Waals surface area contributed by atoms with Gasteiger partial charge in [-0.2, -0.15) is 4.98 Å². The number of aromatic nitrogens is 2. The first kappa shape index (κ1) is 11.9. The Morgan fingerprint density at radius 3 is 3.19 bits per heavy atom. The van der Waals surface area contributed by atoms with Crippen LogP contribution in [0.2, 0.25) is 0 Å². The molecule has 0 aromatic carbocycles. The summed E-state index contributed by atoms with van der Waals surface area (Å²) < 4.78 is 10.2. The summed E-state index contributed by atoms with van der Waals surface area (Å²) in [5.74, 6) is 2.43. The summed E-state index contributed by atoms with van der Waals surface area (Å²) in [5.41, 5.74) is 5.83. The van der Waals surface area contributed by atoms with Crippen LogP contribution in [-0.2, 0) is 4.74 Å². The van der Waals surface area contributed by atoms with Gasteiger partial charge in [0.1, 0.15) is 0 Å². The highest BCUT2D eigenvalue weighted by molar-refractivity contribution is 7.99. The van der Waals surface area contributed by atoms with Gasteiger partial charge in [0.05, 0.1) is 17.9 Å². The summed E-state index contributed by atoms with van der Waals surface area (Å²) in [7, 11) is 1.61. The molecule has 0 bridgehead atoms. The molecule has 2 atom stereocenters. The number of hydrogen-bond donors (Lipinski definition) is 1. The zero-order chi connectivity index (χ0) is 11.4. The van der Waals surface area contributed by atoms with Crippen LogP contribution in [-0.4, -0.2) is 29.6 Å². The van der Waals surface area contributed by atoms with E-state index in [0.717, 1.165) is 6.42 Å². The lowest BCUT2D eigenvalue weighted by Gasteiger charge is -2.16. The summed E-state index contributed by atoms with van der Waals surface area (Å²) in [6, 6.07) is -0.295. The summed E-state index contributed by atoms with van der Waals surface area (Å²) in [6.45, 7) is 0.413. The molecule has 1 aliphatic heterocycles. The lowest BCUT2D eigenvalue weighted by atomic mass is 10.2. The molecular formula is C10H17N3O2S. The van der Waals surface area contributed by atoms with E-state index >= 15 is 0 Å². The third-order valence-corrected chi connectivity index (χ3v) is 3.95. The van der Waals surface area contributed by atoms with Crippen LogP contribution in [0.25, 0.3) is 0 Å². The minimum absolute atomic E-state index is 0.295. The van der Waals surface area contributed by atoms with Crippen LogP contribution in [0.3, 0.4) is 0 Å². The Morgan fingerprint density at radius 2 is 2.50 bits per heavy atom. The highest BCUT2D eigenvalue weighted by atomic mass is 32.2. The van der Waals surface area contributed by atoms with Crippen LogP contribution in [0.15, 0.2) is 4.52 Å². The largest absolute Gasteiger partial charge is 0.383 e. The summed E-state index contributed by atoms with van der Waals surface area (Å²) in [6.07, 6.45) is 3.64. The van der Waals surface area contributed by atoms with E-state index in [4.69, 9.17) is 15.0 Å². The fourth-order valence-corrected chi connectivity index (χ4v) is 2.95. The summed E-state index contributed by atoms with van der Waals surface area (Å²) in [5, 5.41) is 4.26. The summed E-state index contributed by atoms with van der Waals surface area (Å²) in [4.78, 5) is 4.35. The van der Waals surface area contributed by atoms with Gasteiger partial charge in [0.25, 0.3) is 0 Å². The lowest BCUT2D eigenvalue weighted by Crippen LogP contribution is -2.17. The smallest absolute Gasteiger partial charge is 0.239 e. The van der Waals surface area contributed by atoms with Crippen LogP contribution >= 0.6 is 11.8 Å². The van der Waals surface area contributed by atoms with Crippen molar-refractivity contribution in [2.75, 3.05) is 19.5 Å². The van der Waals surface area contributed by atoms with Crippen molar-refractivity contribution in [2.45, 2.75) is 30.6 Å². The second kappa shape index (κ2) is 5.65. The number of rotatable bonds is 4. The predicted molar refractivity (Wildman–Crippen MR) is 62.2 cm³/mol. The van der Waals surface area contributed by atoms with E-state index in [-0.39, 0.29) is 6.04 Å².